The van der Waals surface area contributed by atoms with Crippen LogP contribution < -0.4 is 5.46 Å². The van der Waals surface area contributed by atoms with Crippen molar-refractivity contribution in [1.29, 1.82) is 0 Å². The van der Waals surface area contributed by atoms with Crippen molar-refractivity contribution in [3.05, 3.63) is 12.4 Å². The molecule has 1 aromatic rings. The maximum atomic E-state index is 12.6. The minimum Gasteiger partial charge on any atom is -0.399 e. The van der Waals surface area contributed by atoms with Gasteiger partial charge in [-0.3, -0.25) is 0 Å². The molecule has 0 aliphatic carbocycles. The van der Waals surface area contributed by atoms with Crippen LogP contribution in [0.15, 0.2) is 17.6 Å². The topological polar surface area (TPSA) is 102 Å². The number of aromatic nitrogens is 2. The van der Waals surface area contributed by atoms with Gasteiger partial charge in [0.25, 0.3) is 0 Å². The van der Waals surface area contributed by atoms with Crippen LogP contribution in [0.25, 0.3) is 0 Å². The van der Waals surface area contributed by atoms with E-state index >= 15 is 0 Å². The van der Waals surface area contributed by atoms with Crippen molar-refractivity contribution in [3.63, 3.8) is 0 Å². The zero-order valence-corrected chi connectivity index (χ0v) is 19.3. The van der Waals surface area contributed by atoms with E-state index in [4.69, 9.17) is 14.4 Å². The second-order valence-corrected chi connectivity index (χ2v) is 11.4. The maximum Gasteiger partial charge on any atom is 0.498 e. The Bertz CT molecular complexity index is 792. The van der Waals surface area contributed by atoms with Gasteiger partial charge >= 0.3 is 7.12 Å². The number of β-amino-alcohol motifs (C(OH)–C–C–N with tert-alkyl or cyclic N) is 1. The number of sulfone groups is 1. The summed E-state index contributed by atoms with van der Waals surface area (Å²) in [6.45, 7) is 10.7. The lowest BCUT2D eigenvalue weighted by Crippen LogP contribution is -2.41. The van der Waals surface area contributed by atoms with Gasteiger partial charge in [0, 0.05) is 24.4 Å². The standard InChI is InChI=1S/C20H34BN3O5S/c1-19(2)20(3,4)29-21(28-19)17-14-22-18(23-15-17)30(26,27)13-5-6-16-7-9-24(10-8-16)11-12-25/h14-16,25H,5-13H2,1-4H3. The summed E-state index contributed by atoms with van der Waals surface area (Å²) in [5.41, 5.74) is -0.338. The van der Waals surface area contributed by atoms with Gasteiger partial charge in [-0.15, -0.1) is 0 Å². The number of likely N-dealkylation sites (tertiary alicyclic amines) is 1. The van der Waals surface area contributed by atoms with Gasteiger partial charge in [-0.1, -0.05) is 0 Å². The van der Waals surface area contributed by atoms with E-state index < -0.39 is 28.2 Å². The molecule has 0 amide bonds. The Kier molecular flexibility index (Phi) is 7.24. The Morgan fingerprint density at radius 1 is 1.13 bits per heavy atom. The molecular formula is C20H34BN3O5S. The second kappa shape index (κ2) is 9.20. The minimum atomic E-state index is -3.51. The number of piperidine rings is 1. The summed E-state index contributed by atoms with van der Waals surface area (Å²) >= 11 is 0. The predicted molar refractivity (Wildman–Crippen MR) is 115 cm³/mol. The molecule has 3 heterocycles. The third kappa shape index (κ3) is 5.40. The molecule has 2 saturated heterocycles. The summed E-state index contributed by atoms with van der Waals surface area (Å²) in [6.07, 6.45) is 6.57. The number of aliphatic hydroxyl groups excluding tert-OH is 1. The van der Waals surface area contributed by atoms with Crippen LogP contribution in [0.2, 0.25) is 0 Å². The quantitative estimate of drug-likeness (QED) is 0.474. The first-order valence-corrected chi connectivity index (χ1v) is 12.4. The van der Waals surface area contributed by atoms with E-state index in [1.165, 1.54) is 12.4 Å². The van der Waals surface area contributed by atoms with Crippen LogP contribution in [-0.4, -0.2) is 78.7 Å². The van der Waals surface area contributed by atoms with Gasteiger partial charge in [-0.05, 0) is 72.4 Å². The van der Waals surface area contributed by atoms with Crippen LogP contribution in [-0.2, 0) is 19.1 Å². The molecule has 3 rings (SSSR count). The van der Waals surface area contributed by atoms with E-state index in [0.29, 0.717) is 17.8 Å². The van der Waals surface area contributed by atoms with Crippen LogP contribution in [0.4, 0.5) is 0 Å². The first kappa shape index (κ1) is 23.6. The van der Waals surface area contributed by atoms with Crippen molar-refractivity contribution < 1.29 is 22.8 Å². The number of hydrogen-bond donors (Lipinski definition) is 1. The van der Waals surface area contributed by atoms with E-state index in [9.17, 15) is 8.42 Å². The molecule has 2 aliphatic heterocycles. The van der Waals surface area contributed by atoms with E-state index in [2.05, 4.69) is 14.9 Å². The maximum absolute atomic E-state index is 12.6. The number of hydrogen-bond acceptors (Lipinski definition) is 8. The average molecular weight is 439 g/mol. The fourth-order valence-corrected chi connectivity index (χ4v) is 5.04. The molecule has 2 aliphatic rings. The Labute approximate surface area is 180 Å². The van der Waals surface area contributed by atoms with Crippen molar-refractivity contribution in [2.24, 2.45) is 5.92 Å². The largest absolute Gasteiger partial charge is 0.498 e. The summed E-state index contributed by atoms with van der Waals surface area (Å²) in [4.78, 5) is 10.4. The molecule has 8 nitrogen and oxygen atoms in total. The van der Waals surface area contributed by atoms with Gasteiger partial charge in [0.15, 0.2) is 0 Å². The van der Waals surface area contributed by atoms with Gasteiger partial charge in [-0.25, -0.2) is 18.4 Å². The lowest BCUT2D eigenvalue weighted by atomic mass is 9.81. The molecule has 0 spiro atoms. The SMILES string of the molecule is CC1(C)OB(c2cnc(S(=O)(=O)CCCC3CCN(CCO)CC3)nc2)OC1(C)C. The molecule has 0 saturated carbocycles. The Balaban J connectivity index is 1.51. The van der Waals surface area contributed by atoms with Crippen molar-refractivity contribution in [3.8, 4) is 0 Å². The molecule has 0 bridgehead atoms. The number of nitrogens with zero attached hydrogens (tertiary/aromatic N) is 3. The molecule has 1 aromatic heterocycles. The smallest absolute Gasteiger partial charge is 0.399 e. The van der Waals surface area contributed by atoms with Crippen molar-refractivity contribution in [1.82, 2.24) is 14.9 Å². The second-order valence-electron chi connectivity index (χ2n) is 9.36. The minimum absolute atomic E-state index is 0.0552. The normalized spacial score (nSPS) is 22.5. The van der Waals surface area contributed by atoms with Crippen LogP contribution in [0, 0.1) is 5.92 Å². The van der Waals surface area contributed by atoms with E-state index in [1.54, 1.807) is 0 Å². The summed E-state index contributed by atoms with van der Waals surface area (Å²) in [5, 5.41) is 8.88. The summed E-state index contributed by atoms with van der Waals surface area (Å²) in [5.74, 6) is 0.599. The lowest BCUT2D eigenvalue weighted by Gasteiger charge is -2.32. The Hall–Kier alpha value is -1.07. The summed E-state index contributed by atoms with van der Waals surface area (Å²) < 4.78 is 37.2. The fraction of sp³-hybridized carbons (Fsp3) is 0.800. The molecule has 30 heavy (non-hydrogen) atoms. The Morgan fingerprint density at radius 3 is 2.23 bits per heavy atom. The summed E-state index contributed by atoms with van der Waals surface area (Å²) in [6, 6.07) is 0. The molecule has 0 radical (unpaired) electrons. The van der Waals surface area contributed by atoms with Crippen molar-refractivity contribution in [2.75, 3.05) is 32.0 Å². The lowest BCUT2D eigenvalue weighted by molar-refractivity contribution is 0.00578. The van der Waals surface area contributed by atoms with E-state index in [0.717, 1.165) is 38.9 Å². The molecular weight excluding hydrogens is 405 g/mol. The predicted octanol–water partition coefficient (Wildman–Crippen LogP) is 1.03. The average Bonchev–Trinajstić information content (AvgIpc) is 2.91. The van der Waals surface area contributed by atoms with Crippen LogP contribution in [0.5, 0.6) is 0 Å². The zero-order chi connectivity index (χ0) is 22.0. The highest BCUT2D eigenvalue weighted by Crippen LogP contribution is 2.36. The van der Waals surface area contributed by atoms with Gasteiger partial charge in [0.05, 0.1) is 23.6 Å². The summed E-state index contributed by atoms with van der Waals surface area (Å²) in [7, 11) is -4.12. The third-order valence-corrected chi connectivity index (χ3v) is 8.19. The van der Waals surface area contributed by atoms with Gasteiger partial charge < -0.3 is 19.3 Å². The van der Waals surface area contributed by atoms with Crippen molar-refractivity contribution in [2.45, 2.75) is 69.7 Å². The van der Waals surface area contributed by atoms with Crippen LogP contribution in [0.1, 0.15) is 53.4 Å². The molecule has 0 atom stereocenters. The number of aliphatic hydroxyl groups is 1. The highest BCUT2D eigenvalue weighted by Gasteiger charge is 2.52. The highest BCUT2D eigenvalue weighted by atomic mass is 32.2. The molecule has 2 fully saturated rings. The van der Waals surface area contributed by atoms with Crippen LogP contribution in [0.3, 0.4) is 0 Å². The van der Waals surface area contributed by atoms with E-state index in [1.807, 2.05) is 27.7 Å². The third-order valence-electron chi connectivity index (χ3n) is 6.60. The molecule has 1 N–H and O–H groups in total. The van der Waals surface area contributed by atoms with E-state index in [-0.39, 0.29) is 17.5 Å². The first-order chi connectivity index (χ1) is 14.0. The van der Waals surface area contributed by atoms with Crippen LogP contribution >= 0.6 is 0 Å². The zero-order valence-electron chi connectivity index (χ0n) is 18.5. The molecule has 0 aromatic carbocycles. The van der Waals surface area contributed by atoms with Gasteiger partial charge in [0.2, 0.25) is 15.0 Å². The number of rotatable bonds is 8. The fourth-order valence-electron chi connectivity index (χ4n) is 3.88. The first-order valence-electron chi connectivity index (χ1n) is 10.8. The monoisotopic (exact) mass is 439 g/mol. The van der Waals surface area contributed by atoms with Gasteiger partial charge in [0.1, 0.15) is 0 Å². The van der Waals surface area contributed by atoms with Gasteiger partial charge in [-0.2, -0.15) is 0 Å². The molecule has 0 unspecified atom stereocenters. The van der Waals surface area contributed by atoms with Crippen molar-refractivity contribution >= 4 is 22.4 Å². The molecule has 168 valence electrons. The molecule has 10 heteroatoms. The highest BCUT2D eigenvalue weighted by molar-refractivity contribution is 7.91. The Morgan fingerprint density at radius 2 is 1.70 bits per heavy atom.